The zero-order valence-corrected chi connectivity index (χ0v) is 22.0. The normalized spacial score (nSPS) is 15.8. The number of thiophene rings is 1. The summed E-state index contributed by atoms with van der Waals surface area (Å²) in [7, 11) is 3.16. The lowest BCUT2D eigenvalue weighted by molar-refractivity contribution is 0.0492. The minimum absolute atomic E-state index is 0.0765. The first kappa shape index (κ1) is 24.6. The van der Waals surface area contributed by atoms with E-state index in [1.165, 1.54) is 11.3 Å². The minimum atomic E-state index is -0.583. The van der Waals surface area contributed by atoms with E-state index in [0.29, 0.717) is 33.4 Å². The first-order valence-electron chi connectivity index (χ1n) is 11.7. The van der Waals surface area contributed by atoms with Gasteiger partial charge in [0, 0.05) is 34.4 Å². The highest BCUT2D eigenvalue weighted by Gasteiger charge is 2.34. The molecule has 2 aliphatic heterocycles. The van der Waals surface area contributed by atoms with Crippen molar-refractivity contribution in [2.24, 2.45) is 0 Å². The lowest BCUT2D eigenvalue weighted by Gasteiger charge is -2.35. The van der Waals surface area contributed by atoms with E-state index in [2.05, 4.69) is 38.2 Å². The Hall–Kier alpha value is -4.06. The maximum absolute atomic E-state index is 12.3. The average Bonchev–Trinajstić information content (AvgIpc) is 3.33. The van der Waals surface area contributed by atoms with Gasteiger partial charge in [-0.3, -0.25) is 4.79 Å². The van der Waals surface area contributed by atoms with Crippen LogP contribution in [-0.2, 0) is 4.74 Å². The number of hydrogen-bond acceptors (Lipinski definition) is 8. The molecule has 0 fully saturated rings. The molecule has 0 radical (unpaired) electrons. The molecule has 1 N–H and O–H groups in total. The molecule has 3 heterocycles. The number of nitriles is 1. The number of allylic oxidation sites excluding steroid dienone is 1. The van der Waals surface area contributed by atoms with Crippen molar-refractivity contribution in [3.8, 4) is 34.4 Å². The van der Waals surface area contributed by atoms with Crippen LogP contribution in [0.5, 0.6) is 17.2 Å². The number of Topliss-reactive ketones (excluding diaryl/α,β-unsaturated/α-hetero) is 1. The monoisotopic (exact) mass is 514 g/mol. The molecule has 0 atom stereocenters. The van der Waals surface area contributed by atoms with Crippen LogP contribution in [0, 0.1) is 11.3 Å². The second-order valence-electron chi connectivity index (χ2n) is 9.36. The van der Waals surface area contributed by atoms with E-state index in [-0.39, 0.29) is 12.3 Å². The van der Waals surface area contributed by atoms with Gasteiger partial charge in [0.05, 0.1) is 23.8 Å². The molecule has 0 amide bonds. The fourth-order valence-corrected chi connectivity index (χ4v) is 5.79. The van der Waals surface area contributed by atoms with Gasteiger partial charge < -0.3 is 24.3 Å². The van der Waals surface area contributed by atoms with E-state index in [1.807, 2.05) is 18.2 Å². The molecule has 8 heteroatoms. The van der Waals surface area contributed by atoms with Crippen molar-refractivity contribution in [2.75, 3.05) is 26.3 Å². The number of benzene rings is 2. The number of ketones is 1. The SMILES string of the molecule is COCOc1ccc2c(c1OC)-c1ccc3c(c1/C(=C/c1sccc1C(=O)C#N)O2)C(C)=CC(C)(C)N3. The molecule has 37 heavy (non-hydrogen) atoms. The van der Waals surface area contributed by atoms with Crippen molar-refractivity contribution in [2.45, 2.75) is 26.3 Å². The highest BCUT2D eigenvalue weighted by atomic mass is 32.1. The lowest BCUT2D eigenvalue weighted by atomic mass is 9.83. The van der Waals surface area contributed by atoms with Gasteiger partial charge in [-0.05, 0) is 62.1 Å². The van der Waals surface area contributed by atoms with Gasteiger partial charge in [0.15, 0.2) is 18.3 Å². The highest BCUT2D eigenvalue weighted by molar-refractivity contribution is 7.11. The molecule has 5 rings (SSSR count). The number of carbonyl (C=O) groups is 1. The number of hydrogen-bond donors (Lipinski definition) is 1. The summed E-state index contributed by atoms with van der Waals surface area (Å²) in [6.45, 7) is 6.40. The van der Waals surface area contributed by atoms with Crippen molar-refractivity contribution in [1.82, 2.24) is 0 Å². The van der Waals surface area contributed by atoms with Crippen molar-refractivity contribution in [3.05, 3.63) is 63.4 Å². The maximum Gasteiger partial charge on any atom is 0.263 e. The summed E-state index contributed by atoms with van der Waals surface area (Å²) in [6.07, 6.45) is 4.03. The number of carbonyl (C=O) groups excluding carboxylic acids is 1. The Labute approximate surface area is 219 Å². The molecule has 0 bridgehead atoms. The molecule has 0 spiro atoms. The molecule has 0 saturated heterocycles. The van der Waals surface area contributed by atoms with Crippen LogP contribution in [-0.4, -0.2) is 32.3 Å². The smallest absolute Gasteiger partial charge is 0.263 e. The van der Waals surface area contributed by atoms with Gasteiger partial charge in [-0.15, -0.1) is 11.3 Å². The number of fused-ring (bicyclic) bond motifs is 5. The Morgan fingerprint density at radius 1 is 1.16 bits per heavy atom. The number of rotatable bonds is 6. The third kappa shape index (κ3) is 4.26. The summed E-state index contributed by atoms with van der Waals surface area (Å²) in [5, 5.41) is 14.6. The summed E-state index contributed by atoms with van der Waals surface area (Å²) in [5.41, 5.74) is 5.75. The van der Waals surface area contributed by atoms with Crippen LogP contribution in [0.4, 0.5) is 5.69 Å². The molecule has 0 aliphatic carbocycles. The van der Waals surface area contributed by atoms with Gasteiger partial charge in [0.2, 0.25) is 0 Å². The average molecular weight is 515 g/mol. The summed E-state index contributed by atoms with van der Waals surface area (Å²) in [4.78, 5) is 12.9. The van der Waals surface area contributed by atoms with Gasteiger partial charge in [0.25, 0.3) is 5.78 Å². The van der Waals surface area contributed by atoms with E-state index in [0.717, 1.165) is 33.5 Å². The Morgan fingerprint density at radius 3 is 2.70 bits per heavy atom. The van der Waals surface area contributed by atoms with Gasteiger partial charge in [-0.2, -0.15) is 5.26 Å². The number of nitrogens with zero attached hydrogens (tertiary/aromatic N) is 1. The van der Waals surface area contributed by atoms with E-state index in [4.69, 9.17) is 18.9 Å². The predicted octanol–water partition coefficient (Wildman–Crippen LogP) is 6.61. The van der Waals surface area contributed by atoms with Crippen LogP contribution in [0.1, 0.15) is 47.1 Å². The zero-order chi connectivity index (χ0) is 26.3. The molecule has 7 nitrogen and oxygen atoms in total. The number of ether oxygens (including phenoxy) is 4. The third-order valence-electron chi connectivity index (χ3n) is 6.29. The van der Waals surface area contributed by atoms with Crippen LogP contribution < -0.4 is 19.5 Å². The number of methoxy groups -OCH3 is 2. The summed E-state index contributed by atoms with van der Waals surface area (Å²) < 4.78 is 23.2. The number of anilines is 1. The Morgan fingerprint density at radius 2 is 1.97 bits per heavy atom. The highest BCUT2D eigenvalue weighted by Crippen LogP contribution is 2.54. The molecule has 188 valence electrons. The van der Waals surface area contributed by atoms with E-state index < -0.39 is 5.78 Å². The molecule has 3 aromatic rings. The standard InChI is InChI=1S/C29H26N2O5S/c1-16-13-29(2,3)31-19-7-6-18-26(25(16)19)23(12-24-17(10-11-37-24)20(32)14-30)36-21-8-9-22(35-15-33-4)28(34-5)27(18)21/h6-13,31H,15H2,1-5H3/b23-12-. The van der Waals surface area contributed by atoms with E-state index >= 15 is 0 Å². The fraction of sp³-hybridized carbons (Fsp3) is 0.241. The summed E-state index contributed by atoms with van der Waals surface area (Å²) >= 11 is 1.38. The van der Waals surface area contributed by atoms with Crippen molar-refractivity contribution in [1.29, 1.82) is 5.26 Å². The zero-order valence-electron chi connectivity index (χ0n) is 21.2. The Bertz CT molecular complexity index is 1520. The minimum Gasteiger partial charge on any atom is -0.492 e. The molecule has 0 unspecified atom stereocenters. The summed E-state index contributed by atoms with van der Waals surface area (Å²) in [6, 6.07) is 11.1. The van der Waals surface area contributed by atoms with Crippen molar-refractivity contribution < 1.29 is 23.7 Å². The van der Waals surface area contributed by atoms with Crippen LogP contribution in [0.2, 0.25) is 0 Å². The Kier molecular flexibility index (Phi) is 6.28. The quantitative estimate of drug-likeness (QED) is 0.225. The lowest BCUT2D eigenvalue weighted by Crippen LogP contribution is -2.32. The second-order valence-corrected chi connectivity index (χ2v) is 10.3. The molecule has 2 aromatic carbocycles. The largest absolute Gasteiger partial charge is 0.492 e. The molecule has 0 saturated carbocycles. The van der Waals surface area contributed by atoms with Crippen LogP contribution in [0.25, 0.3) is 28.5 Å². The predicted molar refractivity (Wildman–Crippen MR) is 145 cm³/mol. The fourth-order valence-electron chi connectivity index (χ4n) is 4.97. The molecular formula is C29H26N2O5S. The van der Waals surface area contributed by atoms with Gasteiger partial charge in [-0.25, -0.2) is 0 Å². The third-order valence-corrected chi connectivity index (χ3v) is 7.16. The molecule has 1 aromatic heterocycles. The van der Waals surface area contributed by atoms with Gasteiger partial charge in [-0.1, -0.05) is 12.1 Å². The van der Waals surface area contributed by atoms with Gasteiger partial charge >= 0.3 is 0 Å². The second kappa shape index (κ2) is 9.43. The first-order valence-corrected chi connectivity index (χ1v) is 12.6. The first-order chi connectivity index (χ1) is 17.8. The van der Waals surface area contributed by atoms with Crippen LogP contribution in [0.3, 0.4) is 0 Å². The molecule has 2 aliphatic rings. The Balaban J connectivity index is 1.80. The maximum atomic E-state index is 12.3. The molecular weight excluding hydrogens is 488 g/mol. The van der Waals surface area contributed by atoms with Crippen LogP contribution in [0.15, 0.2) is 41.8 Å². The van der Waals surface area contributed by atoms with E-state index in [9.17, 15) is 10.1 Å². The summed E-state index contributed by atoms with van der Waals surface area (Å²) in [5.74, 6) is 1.67. The number of nitrogens with one attached hydrogen (secondary N) is 1. The van der Waals surface area contributed by atoms with Crippen LogP contribution >= 0.6 is 11.3 Å². The van der Waals surface area contributed by atoms with Crippen molar-refractivity contribution in [3.63, 3.8) is 0 Å². The van der Waals surface area contributed by atoms with Crippen molar-refractivity contribution >= 4 is 40.2 Å². The van der Waals surface area contributed by atoms with Gasteiger partial charge in [0.1, 0.15) is 17.6 Å². The van der Waals surface area contributed by atoms with E-state index in [1.54, 1.807) is 37.8 Å². The topological polar surface area (TPSA) is 89.8 Å².